The molecule has 21 heavy (non-hydrogen) atoms. The monoisotopic (exact) mass is 295 g/mol. The normalized spacial score (nSPS) is 9.76. The number of amides is 2. The fourth-order valence-corrected chi connectivity index (χ4v) is 1.41. The SMILES string of the molecule is CCOC(=O)CCNC(=O)NCc1ccc(C(=O)O)nc1. The van der Waals surface area contributed by atoms with Gasteiger partial charge in [-0.05, 0) is 18.6 Å². The molecule has 0 aliphatic carbocycles. The maximum Gasteiger partial charge on any atom is 0.354 e. The standard InChI is InChI=1S/C13H17N3O5/c1-2-21-11(17)5-6-14-13(20)16-8-9-3-4-10(12(18)19)15-7-9/h3-4,7H,2,5-6,8H2,1H3,(H,18,19)(H2,14,16,20). The molecular weight excluding hydrogens is 278 g/mol. The van der Waals surface area contributed by atoms with E-state index in [1.807, 2.05) is 0 Å². The topological polar surface area (TPSA) is 118 Å². The minimum atomic E-state index is -1.11. The van der Waals surface area contributed by atoms with Gasteiger partial charge in [0.1, 0.15) is 5.69 Å². The number of aromatic nitrogens is 1. The molecule has 0 fully saturated rings. The van der Waals surface area contributed by atoms with Gasteiger partial charge in [-0.2, -0.15) is 0 Å². The number of rotatable bonds is 7. The van der Waals surface area contributed by atoms with Crippen molar-refractivity contribution < 1.29 is 24.2 Å². The summed E-state index contributed by atoms with van der Waals surface area (Å²) in [7, 11) is 0. The van der Waals surface area contributed by atoms with E-state index in [2.05, 4.69) is 15.6 Å². The number of carboxylic acids is 1. The zero-order chi connectivity index (χ0) is 15.7. The number of ether oxygens (including phenoxy) is 1. The van der Waals surface area contributed by atoms with Crippen LogP contribution in [0.15, 0.2) is 18.3 Å². The van der Waals surface area contributed by atoms with Gasteiger partial charge in [-0.25, -0.2) is 14.6 Å². The molecule has 0 aliphatic rings. The summed E-state index contributed by atoms with van der Waals surface area (Å²) in [4.78, 5) is 36.8. The average molecular weight is 295 g/mol. The summed E-state index contributed by atoms with van der Waals surface area (Å²) >= 11 is 0. The van der Waals surface area contributed by atoms with Crippen LogP contribution in [0.3, 0.4) is 0 Å². The summed E-state index contributed by atoms with van der Waals surface area (Å²) in [6, 6.07) is 2.49. The molecule has 0 aromatic carbocycles. The van der Waals surface area contributed by atoms with E-state index in [4.69, 9.17) is 9.84 Å². The molecule has 8 nitrogen and oxygen atoms in total. The van der Waals surface area contributed by atoms with Crippen LogP contribution in [0, 0.1) is 0 Å². The van der Waals surface area contributed by atoms with Crippen LogP contribution in [0.5, 0.6) is 0 Å². The van der Waals surface area contributed by atoms with Crippen LogP contribution >= 0.6 is 0 Å². The summed E-state index contributed by atoms with van der Waals surface area (Å²) in [5.41, 5.74) is 0.609. The Labute approximate surface area is 121 Å². The van der Waals surface area contributed by atoms with Gasteiger partial charge in [0.05, 0.1) is 13.0 Å². The Morgan fingerprint density at radius 3 is 2.62 bits per heavy atom. The van der Waals surface area contributed by atoms with Gasteiger partial charge in [0, 0.05) is 19.3 Å². The molecule has 1 aromatic heterocycles. The Kier molecular flexibility index (Phi) is 6.66. The first-order valence-corrected chi connectivity index (χ1v) is 6.38. The third-order valence-electron chi connectivity index (χ3n) is 2.42. The van der Waals surface area contributed by atoms with Crippen LogP contribution in [0.2, 0.25) is 0 Å². The summed E-state index contributed by atoms with van der Waals surface area (Å²) in [5.74, 6) is -1.47. The lowest BCUT2D eigenvalue weighted by atomic mass is 10.2. The molecule has 1 aromatic rings. The minimum Gasteiger partial charge on any atom is -0.477 e. The Bertz CT molecular complexity index is 501. The zero-order valence-corrected chi connectivity index (χ0v) is 11.6. The van der Waals surface area contributed by atoms with E-state index in [0.29, 0.717) is 12.2 Å². The van der Waals surface area contributed by atoms with E-state index in [0.717, 1.165) is 0 Å². The Hall–Kier alpha value is -2.64. The van der Waals surface area contributed by atoms with Gasteiger partial charge in [0.2, 0.25) is 0 Å². The van der Waals surface area contributed by atoms with Gasteiger partial charge >= 0.3 is 18.0 Å². The molecule has 0 atom stereocenters. The van der Waals surface area contributed by atoms with Gasteiger partial charge in [-0.3, -0.25) is 4.79 Å². The van der Waals surface area contributed by atoms with Crippen LogP contribution in [-0.4, -0.2) is 41.2 Å². The number of carbonyl (C=O) groups is 3. The molecule has 0 bridgehead atoms. The summed E-state index contributed by atoms with van der Waals surface area (Å²) in [6.07, 6.45) is 1.48. The predicted molar refractivity (Wildman–Crippen MR) is 72.7 cm³/mol. The number of carbonyl (C=O) groups excluding carboxylic acids is 2. The molecule has 0 spiro atoms. The molecule has 8 heteroatoms. The summed E-state index contributed by atoms with van der Waals surface area (Å²) in [5, 5.41) is 13.8. The molecule has 2 amide bonds. The Morgan fingerprint density at radius 1 is 1.29 bits per heavy atom. The molecule has 114 valence electrons. The number of nitrogens with zero attached hydrogens (tertiary/aromatic N) is 1. The highest BCUT2D eigenvalue weighted by Gasteiger charge is 2.06. The van der Waals surface area contributed by atoms with Crippen molar-refractivity contribution in [3.8, 4) is 0 Å². The van der Waals surface area contributed by atoms with E-state index < -0.39 is 12.0 Å². The maximum absolute atomic E-state index is 11.4. The fraction of sp³-hybridized carbons (Fsp3) is 0.385. The average Bonchev–Trinajstić information content (AvgIpc) is 2.46. The smallest absolute Gasteiger partial charge is 0.354 e. The number of esters is 1. The second-order valence-corrected chi connectivity index (χ2v) is 4.02. The number of hydrogen-bond acceptors (Lipinski definition) is 5. The highest BCUT2D eigenvalue weighted by molar-refractivity contribution is 5.85. The lowest BCUT2D eigenvalue weighted by molar-refractivity contribution is -0.142. The van der Waals surface area contributed by atoms with Crippen LogP contribution in [-0.2, 0) is 16.1 Å². The van der Waals surface area contributed by atoms with Gasteiger partial charge in [0.25, 0.3) is 0 Å². The van der Waals surface area contributed by atoms with Crippen molar-refractivity contribution in [2.75, 3.05) is 13.2 Å². The van der Waals surface area contributed by atoms with Gasteiger partial charge in [-0.1, -0.05) is 6.07 Å². The highest BCUT2D eigenvalue weighted by Crippen LogP contribution is 2.00. The first-order valence-electron chi connectivity index (χ1n) is 6.38. The molecule has 0 saturated heterocycles. The number of pyridine rings is 1. The predicted octanol–water partition coefficient (Wildman–Crippen LogP) is 0.532. The van der Waals surface area contributed by atoms with E-state index in [9.17, 15) is 14.4 Å². The Morgan fingerprint density at radius 2 is 2.05 bits per heavy atom. The summed E-state index contributed by atoms with van der Waals surface area (Å²) < 4.78 is 4.72. The van der Waals surface area contributed by atoms with Crippen molar-refractivity contribution in [1.82, 2.24) is 15.6 Å². The number of carboxylic acid groups (broad SMARTS) is 1. The van der Waals surface area contributed by atoms with Crippen molar-refractivity contribution in [1.29, 1.82) is 0 Å². The van der Waals surface area contributed by atoms with E-state index >= 15 is 0 Å². The Balaban J connectivity index is 2.26. The molecule has 0 unspecified atom stereocenters. The highest BCUT2D eigenvalue weighted by atomic mass is 16.5. The second-order valence-electron chi connectivity index (χ2n) is 4.02. The number of aromatic carboxylic acids is 1. The van der Waals surface area contributed by atoms with Crippen LogP contribution in [0.1, 0.15) is 29.4 Å². The third-order valence-corrected chi connectivity index (χ3v) is 2.42. The first kappa shape index (κ1) is 16.4. The largest absolute Gasteiger partial charge is 0.477 e. The maximum atomic E-state index is 11.4. The van der Waals surface area contributed by atoms with E-state index in [1.165, 1.54) is 12.3 Å². The van der Waals surface area contributed by atoms with Crippen molar-refractivity contribution in [2.24, 2.45) is 0 Å². The number of hydrogen-bond donors (Lipinski definition) is 3. The van der Waals surface area contributed by atoms with Crippen molar-refractivity contribution in [3.05, 3.63) is 29.6 Å². The molecule has 0 radical (unpaired) electrons. The van der Waals surface area contributed by atoms with Gasteiger partial charge in [-0.15, -0.1) is 0 Å². The third kappa shape index (κ3) is 6.37. The quantitative estimate of drug-likeness (QED) is 0.632. The van der Waals surface area contributed by atoms with E-state index in [1.54, 1.807) is 13.0 Å². The van der Waals surface area contributed by atoms with E-state index in [-0.39, 0.29) is 31.2 Å². The lowest BCUT2D eigenvalue weighted by Crippen LogP contribution is -2.36. The van der Waals surface area contributed by atoms with Crippen molar-refractivity contribution in [2.45, 2.75) is 19.9 Å². The van der Waals surface area contributed by atoms with Crippen molar-refractivity contribution in [3.63, 3.8) is 0 Å². The van der Waals surface area contributed by atoms with Crippen molar-refractivity contribution >= 4 is 18.0 Å². The molecule has 1 heterocycles. The second kappa shape index (κ2) is 8.51. The molecular formula is C13H17N3O5. The molecule has 3 N–H and O–H groups in total. The lowest BCUT2D eigenvalue weighted by Gasteiger charge is -2.07. The minimum absolute atomic E-state index is 0.0577. The number of nitrogens with one attached hydrogen (secondary N) is 2. The molecule has 1 rings (SSSR count). The van der Waals surface area contributed by atoms with Gasteiger partial charge < -0.3 is 20.5 Å². The zero-order valence-electron chi connectivity index (χ0n) is 11.6. The molecule has 0 saturated carbocycles. The number of urea groups is 1. The van der Waals surface area contributed by atoms with Crippen LogP contribution in [0.25, 0.3) is 0 Å². The van der Waals surface area contributed by atoms with Crippen LogP contribution < -0.4 is 10.6 Å². The first-order chi connectivity index (χ1) is 10.0. The fourth-order valence-electron chi connectivity index (χ4n) is 1.41. The molecule has 0 aliphatic heterocycles. The van der Waals surface area contributed by atoms with Gasteiger partial charge in [0.15, 0.2) is 0 Å². The van der Waals surface area contributed by atoms with Crippen LogP contribution in [0.4, 0.5) is 4.79 Å². The summed E-state index contributed by atoms with van der Waals surface area (Å²) in [6.45, 7) is 2.41.